The maximum Gasteiger partial charge on any atom is 0.0988 e. The third-order valence-electron chi connectivity index (χ3n) is 5.32. The van der Waals surface area contributed by atoms with E-state index in [1.807, 2.05) is 6.92 Å². The molecular weight excluding hydrogens is 264 g/mol. The molecule has 0 amide bonds. The van der Waals surface area contributed by atoms with Crippen molar-refractivity contribution in [3.05, 3.63) is 35.2 Å². The third-order valence-corrected chi connectivity index (χ3v) is 6.66. The summed E-state index contributed by atoms with van der Waals surface area (Å²) in [5.74, 6) is 1.90. The molecule has 0 spiro atoms. The van der Waals surface area contributed by atoms with Crippen molar-refractivity contribution in [2.75, 3.05) is 0 Å². The Morgan fingerprint density at radius 1 is 1.15 bits per heavy atom. The fraction of sp³-hybridized carbons (Fsp3) is 0.556. The Hall–Kier alpha value is -0.860. The van der Waals surface area contributed by atoms with Gasteiger partial charge in [0.25, 0.3) is 0 Å². The molecule has 108 valence electrons. The first kappa shape index (κ1) is 14.1. The lowest BCUT2D eigenvalue weighted by Crippen LogP contribution is -2.36. The van der Waals surface area contributed by atoms with Crippen LogP contribution in [0.3, 0.4) is 0 Å². The van der Waals surface area contributed by atoms with Crippen molar-refractivity contribution >= 4 is 21.4 Å². The van der Waals surface area contributed by atoms with E-state index in [0.717, 1.165) is 29.6 Å². The molecule has 1 saturated carbocycles. The van der Waals surface area contributed by atoms with Crippen LogP contribution in [0, 0.1) is 17.8 Å². The Balaban J connectivity index is 1.90. The van der Waals surface area contributed by atoms with Gasteiger partial charge in [-0.25, -0.2) is 0 Å². The van der Waals surface area contributed by atoms with Crippen molar-refractivity contribution < 1.29 is 5.11 Å². The maximum atomic E-state index is 11.1. The lowest BCUT2D eigenvalue weighted by Gasteiger charge is -2.40. The minimum Gasteiger partial charge on any atom is -0.384 e. The molecule has 1 aromatic carbocycles. The first-order valence-electron chi connectivity index (χ1n) is 7.70. The van der Waals surface area contributed by atoms with Crippen molar-refractivity contribution in [3.63, 3.8) is 0 Å². The van der Waals surface area contributed by atoms with Gasteiger partial charge in [-0.2, -0.15) is 0 Å². The molecule has 0 radical (unpaired) electrons. The highest BCUT2D eigenvalue weighted by Crippen LogP contribution is 2.45. The van der Waals surface area contributed by atoms with Gasteiger partial charge in [-0.05, 0) is 55.0 Å². The van der Waals surface area contributed by atoms with E-state index in [-0.39, 0.29) is 0 Å². The van der Waals surface area contributed by atoms with Crippen LogP contribution in [-0.2, 0) is 5.60 Å². The van der Waals surface area contributed by atoms with Crippen LogP contribution in [0.4, 0.5) is 0 Å². The molecule has 1 fully saturated rings. The van der Waals surface area contributed by atoms with Gasteiger partial charge in [-0.3, -0.25) is 0 Å². The summed E-state index contributed by atoms with van der Waals surface area (Å²) in [5, 5.41) is 12.4. The molecule has 1 heterocycles. The van der Waals surface area contributed by atoms with Crippen LogP contribution in [-0.4, -0.2) is 5.11 Å². The Bertz CT molecular complexity index is 565. The quantitative estimate of drug-likeness (QED) is 0.807. The van der Waals surface area contributed by atoms with E-state index >= 15 is 0 Å². The number of aliphatic hydroxyl groups is 1. The standard InChI is InChI=1S/C18H24OS/c1-12-8-9-15(10-13(12)2)18(3,19)17-11-14-6-4-5-7-16(14)20-17/h4-7,11-13,15,19H,8-10H2,1-3H3. The predicted octanol–water partition coefficient (Wildman–Crippen LogP) is 5.18. The van der Waals surface area contributed by atoms with Gasteiger partial charge < -0.3 is 5.11 Å². The monoisotopic (exact) mass is 288 g/mol. The molecule has 2 heteroatoms. The summed E-state index contributed by atoms with van der Waals surface area (Å²) in [6, 6.07) is 10.6. The number of fused-ring (bicyclic) bond motifs is 1. The van der Waals surface area contributed by atoms with Crippen molar-refractivity contribution in [3.8, 4) is 0 Å². The third kappa shape index (κ3) is 2.40. The topological polar surface area (TPSA) is 20.2 Å². The second-order valence-electron chi connectivity index (χ2n) is 6.76. The highest BCUT2D eigenvalue weighted by atomic mass is 32.1. The van der Waals surface area contributed by atoms with Crippen LogP contribution in [0.15, 0.2) is 30.3 Å². The second kappa shape index (κ2) is 5.16. The molecule has 4 atom stereocenters. The van der Waals surface area contributed by atoms with Crippen molar-refractivity contribution in [1.29, 1.82) is 0 Å². The van der Waals surface area contributed by atoms with Crippen molar-refractivity contribution in [2.45, 2.75) is 45.6 Å². The van der Waals surface area contributed by atoms with E-state index < -0.39 is 5.60 Å². The molecule has 1 aliphatic carbocycles. The zero-order valence-electron chi connectivity index (χ0n) is 12.6. The summed E-state index contributed by atoms with van der Waals surface area (Å²) in [6.45, 7) is 6.69. The van der Waals surface area contributed by atoms with Crippen LogP contribution in [0.5, 0.6) is 0 Å². The normalized spacial score (nSPS) is 30.3. The average molecular weight is 288 g/mol. The van der Waals surface area contributed by atoms with Crippen LogP contribution in [0.25, 0.3) is 10.1 Å². The number of rotatable bonds is 2. The van der Waals surface area contributed by atoms with Gasteiger partial charge in [-0.15, -0.1) is 11.3 Å². The molecule has 3 rings (SSSR count). The van der Waals surface area contributed by atoms with E-state index in [9.17, 15) is 5.11 Å². The molecule has 0 saturated heterocycles. The predicted molar refractivity (Wildman–Crippen MR) is 87.1 cm³/mol. The Morgan fingerprint density at radius 3 is 2.60 bits per heavy atom. The van der Waals surface area contributed by atoms with Crippen LogP contribution in [0.1, 0.15) is 44.9 Å². The van der Waals surface area contributed by atoms with Crippen LogP contribution in [0.2, 0.25) is 0 Å². The van der Waals surface area contributed by atoms with Gasteiger partial charge >= 0.3 is 0 Å². The van der Waals surface area contributed by atoms with Crippen LogP contribution < -0.4 is 0 Å². The van der Waals surface area contributed by atoms with Gasteiger partial charge in [-0.1, -0.05) is 38.5 Å². The number of hydrogen-bond acceptors (Lipinski definition) is 2. The lowest BCUT2D eigenvalue weighted by atomic mass is 9.69. The van der Waals surface area contributed by atoms with E-state index in [1.54, 1.807) is 11.3 Å². The van der Waals surface area contributed by atoms with Gasteiger partial charge in [0.05, 0.1) is 5.60 Å². The minimum atomic E-state index is -0.682. The molecule has 0 bridgehead atoms. The van der Waals surface area contributed by atoms with E-state index in [1.165, 1.54) is 16.5 Å². The largest absolute Gasteiger partial charge is 0.384 e. The molecule has 20 heavy (non-hydrogen) atoms. The Morgan fingerprint density at radius 2 is 1.90 bits per heavy atom. The van der Waals surface area contributed by atoms with E-state index in [0.29, 0.717) is 5.92 Å². The molecule has 1 N–H and O–H groups in total. The minimum absolute atomic E-state index is 0.391. The summed E-state index contributed by atoms with van der Waals surface area (Å²) < 4.78 is 1.28. The van der Waals surface area contributed by atoms with E-state index in [2.05, 4.69) is 44.2 Å². The average Bonchev–Trinajstić information content (AvgIpc) is 2.86. The van der Waals surface area contributed by atoms with E-state index in [4.69, 9.17) is 0 Å². The van der Waals surface area contributed by atoms with Gasteiger partial charge in [0.15, 0.2) is 0 Å². The Labute approximate surface area is 125 Å². The fourth-order valence-electron chi connectivity index (χ4n) is 3.49. The second-order valence-corrected chi connectivity index (χ2v) is 7.84. The number of thiophene rings is 1. The Kier molecular flexibility index (Phi) is 3.64. The molecule has 1 aromatic heterocycles. The summed E-state index contributed by atoms with van der Waals surface area (Å²) in [6.07, 6.45) is 3.53. The van der Waals surface area contributed by atoms with Gasteiger partial charge in [0.2, 0.25) is 0 Å². The smallest absolute Gasteiger partial charge is 0.0988 e. The first-order chi connectivity index (χ1) is 9.48. The molecule has 1 nitrogen and oxygen atoms in total. The fourth-order valence-corrected chi connectivity index (χ4v) is 4.68. The lowest BCUT2D eigenvalue weighted by molar-refractivity contribution is -0.0341. The summed E-state index contributed by atoms with van der Waals surface area (Å²) >= 11 is 1.75. The molecular formula is C18H24OS. The zero-order chi connectivity index (χ0) is 14.3. The number of hydrogen-bond donors (Lipinski definition) is 1. The van der Waals surface area contributed by atoms with Gasteiger partial charge in [0.1, 0.15) is 0 Å². The molecule has 2 aromatic rings. The van der Waals surface area contributed by atoms with Crippen LogP contribution >= 0.6 is 11.3 Å². The number of benzene rings is 1. The maximum absolute atomic E-state index is 11.1. The zero-order valence-corrected chi connectivity index (χ0v) is 13.4. The highest BCUT2D eigenvalue weighted by Gasteiger charge is 2.39. The summed E-state index contributed by atoms with van der Waals surface area (Å²) in [5.41, 5.74) is -0.682. The van der Waals surface area contributed by atoms with Gasteiger partial charge in [0, 0.05) is 9.58 Å². The molecule has 0 aliphatic heterocycles. The van der Waals surface area contributed by atoms with Crippen molar-refractivity contribution in [1.82, 2.24) is 0 Å². The summed E-state index contributed by atoms with van der Waals surface area (Å²) in [4.78, 5) is 1.13. The summed E-state index contributed by atoms with van der Waals surface area (Å²) in [7, 11) is 0. The highest BCUT2D eigenvalue weighted by molar-refractivity contribution is 7.19. The SMILES string of the molecule is CC1CCC(C(C)(O)c2cc3ccccc3s2)CC1C. The molecule has 1 aliphatic rings. The molecule has 4 unspecified atom stereocenters. The van der Waals surface area contributed by atoms with Crippen molar-refractivity contribution in [2.24, 2.45) is 17.8 Å². The first-order valence-corrected chi connectivity index (χ1v) is 8.51.